The Kier molecular flexibility index (Phi) is 5.43. The molecule has 0 aliphatic carbocycles. The number of ether oxygens (including phenoxy) is 2. The number of amides is 2. The summed E-state index contributed by atoms with van der Waals surface area (Å²) in [6.07, 6.45) is 0. The van der Waals surface area contributed by atoms with Crippen molar-refractivity contribution in [3.8, 4) is 0 Å². The molecule has 124 valence electrons. The second-order valence-electron chi connectivity index (χ2n) is 4.61. The number of furan rings is 1. The number of halogens is 1. The van der Waals surface area contributed by atoms with Crippen molar-refractivity contribution in [1.82, 2.24) is 10.6 Å². The second-order valence-corrected chi connectivity index (χ2v) is 5.39. The van der Waals surface area contributed by atoms with Gasteiger partial charge in [-0.2, -0.15) is 0 Å². The van der Waals surface area contributed by atoms with E-state index in [4.69, 9.17) is 13.9 Å². The Balaban J connectivity index is 2.15. The van der Waals surface area contributed by atoms with E-state index in [1.807, 2.05) is 0 Å². The van der Waals surface area contributed by atoms with E-state index in [0.717, 1.165) is 0 Å². The third-order valence-electron chi connectivity index (χ3n) is 2.99. The number of urea groups is 1. The molecule has 0 radical (unpaired) electrons. The predicted octanol–water partition coefficient (Wildman–Crippen LogP) is 1.72. The molecule has 0 unspecified atom stereocenters. The quantitative estimate of drug-likeness (QED) is 0.746. The maximum Gasteiger partial charge on any atom is 0.374 e. The molecule has 2 amide bonds. The molecule has 2 rings (SSSR count). The summed E-state index contributed by atoms with van der Waals surface area (Å²) in [6, 6.07) is 1.94. The highest BCUT2D eigenvalue weighted by atomic mass is 79.9. The minimum atomic E-state index is -0.716. The summed E-state index contributed by atoms with van der Waals surface area (Å²) in [5.41, 5.74) is 0.388. The van der Waals surface area contributed by atoms with Crippen LogP contribution >= 0.6 is 15.9 Å². The minimum absolute atomic E-state index is 0.00321. The number of carbonyl (C=O) groups is 3. The van der Waals surface area contributed by atoms with Crippen LogP contribution in [0.3, 0.4) is 0 Å². The molecule has 8 nitrogen and oxygen atoms in total. The van der Waals surface area contributed by atoms with E-state index in [-0.39, 0.29) is 30.2 Å². The summed E-state index contributed by atoms with van der Waals surface area (Å²) in [4.78, 5) is 35.4. The van der Waals surface area contributed by atoms with Gasteiger partial charge in [0.05, 0.1) is 23.9 Å². The van der Waals surface area contributed by atoms with Crippen molar-refractivity contribution in [2.24, 2.45) is 0 Å². The molecule has 0 aromatic carbocycles. The monoisotopic (exact) mass is 386 g/mol. The molecule has 1 aromatic rings. The largest absolute Gasteiger partial charge is 0.463 e. The van der Waals surface area contributed by atoms with Crippen molar-refractivity contribution >= 4 is 33.9 Å². The maximum atomic E-state index is 12.0. The molecule has 0 saturated heterocycles. The lowest BCUT2D eigenvalue weighted by atomic mass is 10.0. The molecule has 0 bridgehead atoms. The van der Waals surface area contributed by atoms with Gasteiger partial charge in [0, 0.05) is 0 Å². The molecule has 1 atom stereocenters. The number of hydrogen-bond acceptors (Lipinski definition) is 6. The molecule has 23 heavy (non-hydrogen) atoms. The second kappa shape index (κ2) is 7.32. The van der Waals surface area contributed by atoms with Crippen molar-refractivity contribution in [3.05, 3.63) is 33.8 Å². The molecule has 2 N–H and O–H groups in total. The van der Waals surface area contributed by atoms with Gasteiger partial charge in [-0.3, -0.25) is 0 Å². The van der Waals surface area contributed by atoms with E-state index in [1.165, 1.54) is 6.07 Å². The zero-order valence-corrected chi connectivity index (χ0v) is 14.1. The van der Waals surface area contributed by atoms with Crippen LogP contribution in [0, 0.1) is 0 Å². The first-order valence-corrected chi connectivity index (χ1v) is 7.61. The predicted molar refractivity (Wildman–Crippen MR) is 81.5 cm³/mol. The average Bonchev–Trinajstić information content (AvgIpc) is 2.91. The van der Waals surface area contributed by atoms with E-state index in [9.17, 15) is 14.4 Å². The van der Waals surface area contributed by atoms with Gasteiger partial charge in [-0.1, -0.05) is 0 Å². The van der Waals surface area contributed by atoms with Crippen molar-refractivity contribution < 1.29 is 28.3 Å². The van der Waals surface area contributed by atoms with Gasteiger partial charge in [0.25, 0.3) is 0 Å². The highest BCUT2D eigenvalue weighted by molar-refractivity contribution is 9.10. The van der Waals surface area contributed by atoms with Crippen LogP contribution in [0.1, 0.15) is 24.4 Å². The van der Waals surface area contributed by atoms with Gasteiger partial charge in [-0.05, 0) is 41.9 Å². The summed E-state index contributed by atoms with van der Waals surface area (Å²) in [6.45, 7) is 3.21. The number of esters is 2. The van der Waals surface area contributed by atoms with Crippen LogP contribution in [-0.4, -0.2) is 37.2 Å². The molecule has 1 aliphatic heterocycles. The molecule has 1 aliphatic rings. The van der Waals surface area contributed by atoms with Crippen LogP contribution in [0.4, 0.5) is 4.79 Å². The topological polar surface area (TPSA) is 107 Å². The Hall–Kier alpha value is -2.29. The van der Waals surface area contributed by atoms with E-state index in [0.29, 0.717) is 4.67 Å². The molecular weight excluding hydrogens is 372 g/mol. The fourth-order valence-electron chi connectivity index (χ4n) is 2.03. The Bertz CT molecular complexity index is 666. The van der Waals surface area contributed by atoms with Gasteiger partial charge in [-0.15, -0.1) is 0 Å². The summed E-state index contributed by atoms with van der Waals surface area (Å²) >= 11 is 3.08. The van der Waals surface area contributed by atoms with Crippen molar-refractivity contribution in [1.29, 1.82) is 0 Å². The smallest absolute Gasteiger partial charge is 0.374 e. The summed E-state index contributed by atoms with van der Waals surface area (Å²) in [5, 5.41) is 5.01. The van der Waals surface area contributed by atoms with Crippen molar-refractivity contribution in [2.75, 3.05) is 13.2 Å². The average molecular weight is 387 g/mol. The fraction of sp³-hybridized carbons (Fsp3) is 0.357. The third-order valence-corrected chi connectivity index (χ3v) is 3.41. The molecule has 0 fully saturated rings. The normalized spacial score (nSPS) is 17.3. The lowest BCUT2D eigenvalue weighted by molar-refractivity contribution is -0.139. The first-order valence-electron chi connectivity index (χ1n) is 6.82. The highest BCUT2D eigenvalue weighted by Gasteiger charge is 2.30. The summed E-state index contributed by atoms with van der Waals surface area (Å²) in [5.74, 6) is -1.30. The van der Waals surface area contributed by atoms with Gasteiger partial charge >= 0.3 is 18.0 Å². The van der Waals surface area contributed by atoms with Gasteiger partial charge in [0.1, 0.15) is 6.61 Å². The van der Waals surface area contributed by atoms with Crippen molar-refractivity contribution in [2.45, 2.75) is 19.9 Å². The Morgan fingerprint density at radius 1 is 1.30 bits per heavy atom. The number of hydrogen-bond donors (Lipinski definition) is 2. The Labute approximate surface area is 140 Å². The standard InChI is InChI=1S/C14H15BrN2O6/c1-3-21-13(19)11-7(2)16-14(20)17-8(11)6-22-12(18)9-4-5-10(15)23-9/h4-5,7H,3,6H2,1-2H3,(H2,16,17,20)/t7-/m0/s1. The van der Waals surface area contributed by atoms with Gasteiger partial charge in [0.2, 0.25) is 5.76 Å². The molecule has 9 heteroatoms. The first kappa shape index (κ1) is 17.1. The zero-order valence-electron chi connectivity index (χ0n) is 12.5. The van der Waals surface area contributed by atoms with Gasteiger partial charge in [0.15, 0.2) is 4.67 Å². The number of carbonyl (C=O) groups excluding carboxylic acids is 3. The third kappa shape index (κ3) is 4.13. The van der Waals surface area contributed by atoms with Crippen LogP contribution in [0.5, 0.6) is 0 Å². The van der Waals surface area contributed by atoms with Crippen LogP contribution < -0.4 is 10.6 Å². The lowest BCUT2D eigenvalue weighted by Crippen LogP contribution is -2.50. The van der Waals surface area contributed by atoms with E-state index in [2.05, 4.69) is 26.6 Å². The van der Waals surface area contributed by atoms with Crippen LogP contribution in [-0.2, 0) is 14.3 Å². The van der Waals surface area contributed by atoms with Crippen molar-refractivity contribution in [3.63, 3.8) is 0 Å². The minimum Gasteiger partial charge on any atom is -0.463 e. The first-order chi connectivity index (χ1) is 10.9. The Morgan fingerprint density at radius 2 is 2.04 bits per heavy atom. The van der Waals surface area contributed by atoms with Crippen LogP contribution in [0.25, 0.3) is 0 Å². The highest BCUT2D eigenvalue weighted by Crippen LogP contribution is 2.17. The lowest BCUT2D eigenvalue weighted by Gasteiger charge is -2.26. The SMILES string of the molecule is CCOC(=O)C1=C(COC(=O)c2ccc(Br)o2)NC(=O)N[C@H]1C. The van der Waals surface area contributed by atoms with Gasteiger partial charge < -0.3 is 24.5 Å². The maximum absolute atomic E-state index is 12.0. The van der Waals surface area contributed by atoms with E-state index in [1.54, 1.807) is 19.9 Å². The van der Waals surface area contributed by atoms with E-state index < -0.39 is 24.0 Å². The Morgan fingerprint density at radius 3 is 2.65 bits per heavy atom. The summed E-state index contributed by atoms with van der Waals surface area (Å²) < 4.78 is 15.5. The molecule has 0 spiro atoms. The summed E-state index contributed by atoms with van der Waals surface area (Å²) in [7, 11) is 0. The molecule has 2 heterocycles. The van der Waals surface area contributed by atoms with E-state index >= 15 is 0 Å². The number of rotatable bonds is 5. The fourth-order valence-corrected chi connectivity index (χ4v) is 2.33. The molecule has 1 aromatic heterocycles. The molecular formula is C14H15BrN2O6. The van der Waals surface area contributed by atoms with Crippen LogP contribution in [0.2, 0.25) is 0 Å². The number of nitrogens with one attached hydrogen (secondary N) is 2. The molecule has 0 saturated carbocycles. The van der Waals surface area contributed by atoms with Gasteiger partial charge in [-0.25, -0.2) is 14.4 Å². The van der Waals surface area contributed by atoms with Crippen LogP contribution in [0.15, 0.2) is 32.5 Å². The zero-order chi connectivity index (χ0) is 17.0.